The van der Waals surface area contributed by atoms with E-state index < -0.39 is 0 Å². The predicted octanol–water partition coefficient (Wildman–Crippen LogP) is 2.33. The Morgan fingerprint density at radius 3 is 2.97 bits per heavy atom. The quantitative estimate of drug-likeness (QED) is 0.633. The minimum absolute atomic E-state index is 0.107. The zero-order valence-corrected chi connectivity index (χ0v) is 15.5. The number of H-pyrrole nitrogens is 1. The van der Waals surface area contributed by atoms with E-state index in [1.54, 1.807) is 35.4 Å². The lowest BCUT2D eigenvalue weighted by Gasteiger charge is -2.18. The summed E-state index contributed by atoms with van der Waals surface area (Å²) in [5, 5.41) is 6.73. The number of fused-ring (bicyclic) bond motifs is 2. The lowest BCUT2D eigenvalue weighted by atomic mass is 10.2. The van der Waals surface area contributed by atoms with Gasteiger partial charge in [-0.15, -0.1) is 0 Å². The van der Waals surface area contributed by atoms with Gasteiger partial charge in [0.05, 0.1) is 0 Å². The van der Waals surface area contributed by atoms with Crippen molar-refractivity contribution in [3.05, 3.63) is 48.3 Å². The summed E-state index contributed by atoms with van der Waals surface area (Å²) >= 11 is 0. The first-order chi connectivity index (χ1) is 14.2. The van der Waals surface area contributed by atoms with Crippen molar-refractivity contribution in [2.75, 3.05) is 25.2 Å². The molecular weight excluding hydrogens is 374 g/mol. The molecule has 3 aromatic rings. The second-order valence-corrected chi connectivity index (χ2v) is 7.03. The van der Waals surface area contributed by atoms with Gasteiger partial charge in [0.2, 0.25) is 6.79 Å². The largest absolute Gasteiger partial charge is 0.454 e. The Morgan fingerprint density at radius 2 is 2.07 bits per heavy atom. The van der Waals surface area contributed by atoms with E-state index in [-0.39, 0.29) is 24.8 Å². The van der Waals surface area contributed by atoms with Crippen LogP contribution >= 0.6 is 0 Å². The molecule has 3 amide bonds. The number of nitrogens with zero attached hydrogens (tertiary/aromatic N) is 2. The fourth-order valence-electron chi connectivity index (χ4n) is 3.58. The van der Waals surface area contributed by atoms with Crippen LogP contribution in [0.5, 0.6) is 11.5 Å². The number of amides is 3. The monoisotopic (exact) mass is 393 g/mol. The van der Waals surface area contributed by atoms with E-state index >= 15 is 0 Å². The number of nitrogens with one attached hydrogen (secondary N) is 3. The van der Waals surface area contributed by atoms with Crippen LogP contribution in [-0.2, 0) is 0 Å². The number of carbonyl (C=O) groups is 2. The Morgan fingerprint density at radius 1 is 1.17 bits per heavy atom. The van der Waals surface area contributed by atoms with Crippen molar-refractivity contribution in [1.29, 1.82) is 0 Å². The summed E-state index contributed by atoms with van der Waals surface area (Å²) in [4.78, 5) is 34.0. The molecule has 4 heterocycles. The van der Waals surface area contributed by atoms with E-state index in [2.05, 4.69) is 20.6 Å². The van der Waals surface area contributed by atoms with Gasteiger partial charge in [0, 0.05) is 42.5 Å². The maximum atomic E-state index is 12.5. The van der Waals surface area contributed by atoms with Gasteiger partial charge in [-0.25, -0.2) is 9.78 Å². The lowest BCUT2D eigenvalue weighted by Crippen LogP contribution is -2.39. The van der Waals surface area contributed by atoms with Crippen LogP contribution in [0.1, 0.15) is 16.9 Å². The third kappa shape index (κ3) is 3.42. The Kier molecular flexibility index (Phi) is 4.19. The van der Waals surface area contributed by atoms with Gasteiger partial charge in [0.15, 0.2) is 11.5 Å². The van der Waals surface area contributed by atoms with Crippen LogP contribution in [0.25, 0.3) is 11.0 Å². The maximum absolute atomic E-state index is 12.5. The number of hydrogen-bond acceptors (Lipinski definition) is 5. The molecule has 0 aliphatic carbocycles. The van der Waals surface area contributed by atoms with Gasteiger partial charge < -0.3 is 30.0 Å². The molecule has 1 saturated heterocycles. The fourth-order valence-corrected chi connectivity index (χ4v) is 3.58. The maximum Gasteiger partial charge on any atom is 0.321 e. The first kappa shape index (κ1) is 17.4. The van der Waals surface area contributed by atoms with E-state index in [4.69, 9.17) is 9.47 Å². The molecular formula is C20H19N5O4. The average Bonchev–Trinajstić information content (AvgIpc) is 3.46. The molecule has 1 atom stereocenters. The summed E-state index contributed by atoms with van der Waals surface area (Å²) in [7, 11) is 0. The minimum Gasteiger partial charge on any atom is -0.454 e. The van der Waals surface area contributed by atoms with Crippen LogP contribution in [0.2, 0.25) is 0 Å². The van der Waals surface area contributed by atoms with Gasteiger partial charge in [0.25, 0.3) is 5.91 Å². The van der Waals surface area contributed by atoms with Crippen molar-refractivity contribution in [3.8, 4) is 11.5 Å². The highest BCUT2D eigenvalue weighted by Gasteiger charge is 2.28. The number of pyridine rings is 1. The molecule has 0 bridgehead atoms. The van der Waals surface area contributed by atoms with Gasteiger partial charge in [-0.05, 0) is 36.8 Å². The summed E-state index contributed by atoms with van der Waals surface area (Å²) in [5.74, 6) is 1.08. The number of likely N-dealkylation sites (tertiary alicyclic amines) is 1. The Balaban J connectivity index is 1.18. The molecule has 2 aliphatic heterocycles. The van der Waals surface area contributed by atoms with Crippen molar-refractivity contribution in [2.24, 2.45) is 0 Å². The number of ether oxygens (including phenoxy) is 2. The number of hydrogen-bond donors (Lipinski definition) is 3. The zero-order valence-electron chi connectivity index (χ0n) is 15.5. The van der Waals surface area contributed by atoms with Crippen molar-refractivity contribution in [2.45, 2.75) is 12.5 Å². The van der Waals surface area contributed by atoms with Crippen LogP contribution in [-0.4, -0.2) is 52.7 Å². The number of rotatable bonds is 3. The molecule has 1 aromatic carbocycles. The molecule has 9 heteroatoms. The number of aromatic amines is 1. The van der Waals surface area contributed by atoms with Gasteiger partial charge in [-0.1, -0.05) is 0 Å². The second kappa shape index (κ2) is 7.01. The molecule has 0 spiro atoms. The van der Waals surface area contributed by atoms with Crippen LogP contribution < -0.4 is 20.1 Å². The van der Waals surface area contributed by atoms with Crippen LogP contribution in [0.4, 0.5) is 10.5 Å². The molecule has 2 aliphatic rings. The highest BCUT2D eigenvalue weighted by molar-refractivity contribution is 5.97. The zero-order chi connectivity index (χ0) is 19.8. The number of anilines is 1. The summed E-state index contributed by atoms with van der Waals surface area (Å²) in [6.45, 7) is 1.20. The average molecular weight is 393 g/mol. The molecule has 3 N–H and O–H groups in total. The first-order valence-corrected chi connectivity index (χ1v) is 9.36. The highest BCUT2D eigenvalue weighted by atomic mass is 16.7. The van der Waals surface area contributed by atoms with E-state index in [1.165, 1.54) is 0 Å². The highest BCUT2D eigenvalue weighted by Crippen LogP contribution is 2.34. The standard InChI is InChI=1S/C20H19N5O4/c26-19(15-8-12-2-1-6-21-18(12)24-15)22-14-5-7-25(10-14)20(27)23-13-3-4-16-17(9-13)29-11-28-16/h1-4,6,8-9,14H,5,7,10-11H2,(H,21,24)(H,22,26)(H,23,27)/t14-/m0/s1. The minimum atomic E-state index is -0.213. The smallest absolute Gasteiger partial charge is 0.321 e. The van der Waals surface area contributed by atoms with Crippen LogP contribution in [0.15, 0.2) is 42.6 Å². The lowest BCUT2D eigenvalue weighted by molar-refractivity contribution is 0.0934. The fraction of sp³-hybridized carbons (Fsp3) is 0.250. The number of benzene rings is 1. The van der Waals surface area contributed by atoms with Gasteiger partial charge in [-0.2, -0.15) is 0 Å². The number of urea groups is 1. The summed E-state index contributed by atoms with van der Waals surface area (Å²) < 4.78 is 10.6. The molecule has 0 unspecified atom stereocenters. The number of carbonyl (C=O) groups excluding carboxylic acids is 2. The van der Waals surface area contributed by atoms with Crippen molar-refractivity contribution in [3.63, 3.8) is 0 Å². The van der Waals surface area contributed by atoms with E-state index in [0.717, 1.165) is 5.39 Å². The molecule has 0 saturated carbocycles. The van der Waals surface area contributed by atoms with Crippen molar-refractivity contribution >= 4 is 28.7 Å². The van der Waals surface area contributed by atoms with Crippen molar-refractivity contribution in [1.82, 2.24) is 20.2 Å². The van der Waals surface area contributed by atoms with Gasteiger partial charge in [0.1, 0.15) is 11.3 Å². The van der Waals surface area contributed by atoms with E-state index in [1.807, 2.05) is 12.1 Å². The first-order valence-electron chi connectivity index (χ1n) is 9.36. The third-order valence-electron chi connectivity index (χ3n) is 5.07. The molecule has 5 rings (SSSR count). The third-order valence-corrected chi connectivity index (χ3v) is 5.07. The van der Waals surface area contributed by atoms with Crippen molar-refractivity contribution < 1.29 is 19.1 Å². The molecule has 29 heavy (non-hydrogen) atoms. The molecule has 2 aromatic heterocycles. The Bertz CT molecular complexity index is 1060. The molecule has 148 valence electrons. The molecule has 0 radical (unpaired) electrons. The van der Waals surface area contributed by atoms with Gasteiger partial charge >= 0.3 is 6.03 Å². The Hall–Kier alpha value is -3.75. The molecule has 9 nitrogen and oxygen atoms in total. The Labute approximate surface area is 166 Å². The predicted molar refractivity (Wildman–Crippen MR) is 105 cm³/mol. The summed E-state index contributed by atoms with van der Waals surface area (Å²) in [6.07, 6.45) is 2.37. The van der Waals surface area contributed by atoms with E-state index in [9.17, 15) is 9.59 Å². The van der Waals surface area contributed by atoms with Crippen LogP contribution in [0.3, 0.4) is 0 Å². The SMILES string of the molecule is O=C(N[C@H]1CCN(C(=O)Nc2ccc3c(c2)OCO3)C1)c1cc2cccnc2[nH]1. The number of aromatic nitrogens is 2. The topological polar surface area (TPSA) is 109 Å². The van der Waals surface area contributed by atoms with Crippen LogP contribution in [0, 0.1) is 0 Å². The van der Waals surface area contributed by atoms with Gasteiger partial charge in [-0.3, -0.25) is 4.79 Å². The summed E-state index contributed by atoms with van der Waals surface area (Å²) in [6, 6.07) is 10.4. The summed E-state index contributed by atoms with van der Waals surface area (Å²) in [5.41, 5.74) is 1.77. The van der Waals surface area contributed by atoms with E-state index in [0.29, 0.717) is 48.0 Å². The normalized spacial score (nSPS) is 17.5. The second-order valence-electron chi connectivity index (χ2n) is 7.03. The molecule has 1 fully saturated rings.